The number of alkyl halides is 17. The third kappa shape index (κ3) is 8.09. The number of carbonyl (C=O) groups excluding carboxylic acids is 1. The summed E-state index contributed by atoms with van der Waals surface area (Å²) in [5, 5.41) is 0.882. The fourth-order valence-corrected chi connectivity index (χ4v) is 6.65. The van der Waals surface area contributed by atoms with E-state index in [-0.39, 0.29) is 27.3 Å². The normalized spacial score (nSPS) is 14.3. The number of esters is 1. The summed E-state index contributed by atoms with van der Waals surface area (Å²) in [5.74, 6) is -59.8. The van der Waals surface area contributed by atoms with Crippen LogP contribution < -0.4 is 14.4 Å². The monoisotopic (exact) mass is 862 g/mol. The third-order valence-corrected chi connectivity index (χ3v) is 10.0. The molecule has 3 aromatic rings. The topological polar surface area (TPSA) is 75.7 Å². The fraction of sp³-hybridized carbons (Fsp3) is 0.433. The minimum atomic E-state index is -8.70. The lowest BCUT2D eigenvalue weighted by Gasteiger charge is -2.42. The Morgan fingerprint density at radius 1 is 0.655 bits per heavy atom. The maximum absolute atomic E-state index is 14.2. The zero-order valence-electron chi connectivity index (χ0n) is 27.2. The van der Waals surface area contributed by atoms with Crippen LogP contribution in [-0.4, -0.2) is 88.4 Å². The Morgan fingerprint density at radius 3 is 1.64 bits per heavy atom. The van der Waals surface area contributed by atoms with Gasteiger partial charge in [-0.15, -0.1) is 11.8 Å². The average Bonchev–Trinajstić information content (AvgIpc) is 3.06. The highest BCUT2D eigenvalue weighted by molar-refractivity contribution is 7.99. The Kier molecular flexibility index (Phi) is 12.4. The second kappa shape index (κ2) is 15.0. The number of halogens is 17. The van der Waals surface area contributed by atoms with Gasteiger partial charge in [-0.2, -0.15) is 79.4 Å². The van der Waals surface area contributed by atoms with Crippen molar-refractivity contribution in [1.29, 1.82) is 0 Å². The van der Waals surface area contributed by atoms with Crippen LogP contribution in [0, 0.1) is 0 Å². The number of carbonyl (C=O) groups is 1. The van der Waals surface area contributed by atoms with Gasteiger partial charge in [-0.05, 0) is 36.4 Å². The van der Waals surface area contributed by atoms with E-state index in [9.17, 15) is 87.8 Å². The molecule has 0 aliphatic carbocycles. The number of hydrogen-bond donors (Lipinski definition) is 1. The molecule has 308 valence electrons. The molecule has 0 bridgehead atoms. The van der Waals surface area contributed by atoms with Crippen LogP contribution in [0.25, 0.3) is 10.8 Å². The van der Waals surface area contributed by atoms with Crippen molar-refractivity contribution in [3.63, 3.8) is 0 Å². The van der Waals surface area contributed by atoms with E-state index >= 15 is 0 Å². The Balaban J connectivity index is 1.66. The first-order chi connectivity index (χ1) is 24.7. The van der Waals surface area contributed by atoms with Gasteiger partial charge < -0.3 is 9.64 Å². The van der Waals surface area contributed by atoms with Gasteiger partial charge in [0.2, 0.25) is 10.0 Å². The molecule has 0 saturated carbocycles. The van der Waals surface area contributed by atoms with Crippen LogP contribution in [0.4, 0.5) is 80.3 Å². The molecule has 0 aliphatic rings. The van der Waals surface area contributed by atoms with E-state index < -0.39 is 82.3 Å². The number of ether oxygens (including phenoxy) is 1. The summed E-state index contributed by atoms with van der Waals surface area (Å²) in [6.07, 6.45) is -10.5. The Morgan fingerprint density at radius 2 is 1.13 bits per heavy atom. The highest BCUT2D eigenvalue weighted by atomic mass is 32.2. The third-order valence-electron chi connectivity index (χ3n) is 7.56. The second-order valence-corrected chi connectivity index (χ2v) is 14.4. The minimum absolute atomic E-state index is 0.0666. The van der Waals surface area contributed by atoms with Crippen LogP contribution in [0.5, 0.6) is 5.75 Å². The van der Waals surface area contributed by atoms with Crippen LogP contribution in [0.1, 0.15) is 6.42 Å². The van der Waals surface area contributed by atoms with E-state index in [4.69, 9.17) is 4.74 Å². The van der Waals surface area contributed by atoms with E-state index in [2.05, 4.69) is 0 Å². The van der Waals surface area contributed by atoms with Gasteiger partial charge in [-0.3, -0.25) is 4.79 Å². The van der Waals surface area contributed by atoms with Crippen molar-refractivity contribution < 1.29 is 92.6 Å². The van der Waals surface area contributed by atoms with E-state index in [1.165, 1.54) is 18.2 Å². The molecule has 3 rings (SSSR count). The largest absolute Gasteiger partial charge is 0.460 e. The standard InChI is InChI=1S/C30H23F17N2O4S2/c1-49(2)20-7-3-6-19-18(20)5-4-8-21(19)55(51,52)48-15-22(50)53-16-9-11-17(12-10-16)54-14-13-23(31,32)24(33,34)25(35,36)26(37,38)27(39,40)28(41,42)29(43,44)30(45,46)47/h3-12,48H,13-15H2,1-2H3. The number of thioether (sulfide) groups is 1. The molecule has 3 aromatic carbocycles. The van der Waals surface area contributed by atoms with Crippen LogP contribution in [-0.2, 0) is 14.8 Å². The lowest BCUT2D eigenvalue weighted by molar-refractivity contribution is -0.461. The molecule has 55 heavy (non-hydrogen) atoms. The van der Waals surface area contributed by atoms with E-state index in [0.29, 0.717) is 16.5 Å². The van der Waals surface area contributed by atoms with Crippen molar-refractivity contribution in [2.75, 3.05) is 31.3 Å². The van der Waals surface area contributed by atoms with Crippen molar-refractivity contribution in [3.05, 3.63) is 60.7 Å². The van der Waals surface area contributed by atoms with E-state index in [1.54, 1.807) is 37.2 Å². The lowest BCUT2D eigenvalue weighted by Crippen LogP contribution is -2.74. The van der Waals surface area contributed by atoms with Crippen LogP contribution >= 0.6 is 11.8 Å². The van der Waals surface area contributed by atoms with E-state index in [1.807, 2.05) is 4.72 Å². The molecule has 25 heteroatoms. The van der Waals surface area contributed by atoms with E-state index in [0.717, 1.165) is 24.3 Å². The number of hydrogen-bond acceptors (Lipinski definition) is 6. The van der Waals surface area contributed by atoms with Crippen LogP contribution in [0.2, 0.25) is 0 Å². The van der Waals surface area contributed by atoms with Gasteiger partial charge in [0.15, 0.2) is 0 Å². The highest BCUT2D eigenvalue weighted by Crippen LogP contribution is 2.64. The summed E-state index contributed by atoms with van der Waals surface area (Å²) in [4.78, 5) is 13.6. The SMILES string of the molecule is CN(C)c1cccc2c(S(=O)(=O)NCC(=O)Oc3ccc(SCCC(F)(F)C(F)(F)C(F)(F)C(F)(F)C(F)(F)C(F)(F)C(F)(F)C(F)(F)F)cc3)cccc12. The molecule has 0 heterocycles. The number of sulfonamides is 1. The number of fused-ring (bicyclic) bond motifs is 1. The maximum Gasteiger partial charge on any atom is 0.460 e. The zero-order valence-corrected chi connectivity index (χ0v) is 28.8. The zero-order chi connectivity index (χ0) is 42.4. The summed E-state index contributed by atoms with van der Waals surface area (Å²) in [5.41, 5.74) is 0.684. The smallest absolute Gasteiger partial charge is 0.426 e. The van der Waals surface area contributed by atoms with Crippen LogP contribution in [0.3, 0.4) is 0 Å². The molecule has 0 spiro atoms. The van der Waals surface area contributed by atoms with Gasteiger partial charge in [0.1, 0.15) is 12.3 Å². The number of nitrogens with zero attached hydrogens (tertiary/aromatic N) is 1. The first-order valence-electron chi connectivity index (χ1n) is 14.5. The first-order valence-corrected chi connectivity index (χ1v) is 17.0. The molecule has 0 radical (unpaired) electrons. The fourth-order valence-electron chi connectivity index (χ4n) is 4.54. The van der Waals surface area contributed by atoms with Crippen molar-refractivity contribution >= 4 is 44.2 Å². The average molecular weight is 863 g/mol. The van der Waals surface area contributed by atoms with Crippen molar-refractivity contribution in [2.24, 2.45) is 0 Å². The van der Waals surface area contributed by atoms with Gasteiger partial charge in [-0.25, -0.2) is 8.42 Å². The predicted octanol–water partition coefficient (Wildman–Crippen LogP) is 9.28. The molecule has 1 N–H and O–H groups in total. The Bertz CT molecular complexity index is 1970. The second-order valence-electron chi connectivity index (χ2n) is 11.5. The minimum Gasteiger partial charge on any atom is -0.426 e. The predicted molar refractivity (Wildman–Crippen MR) is 162 cm³/mol. The quantitative estimate of drug-likeness (QED) is 0.0671. The molecule has 6 nitrogen and oxygen atoms in total. The molecule has 0 fully saturated rings. The number of benzene rings is 3. The highest BCUT2D eigenvalue weighted by Gasteiger charge is 2.95. The number of nitrogens with one attached hydrogen (secondary N) is 1. The van der Waals surface area contributed by atoms with Crippen molar-refractivity contribution in [2.45, 2.75) is 63.8 Å². The Hall–Kier alpha value is -3.74. The van der Waals surface area contributed by atoms with Crippen LogP contribution in [0.15, 0.2) is 70.5 Å². The number of anilines is 1. The van der Waals surface area contributed by atoms with Crippen molar-refractivity contribution in [3.8, 4) is 5.75 Å². The molecule has 0 atom stereocenters. The molecule has 0 saturated heterocycles. The molecular weight excluding hydrogens is 839 g/mol. The molecule has 0 aliphatic heterocycles. The van der Waals surface area contributed by atoms with Gasteiger partial charge >= 0.3 is 53.6 Å². The summed E-state index contributed by atoms with van der Waals surface area (Å²) in [6.45, 7) is -0.927. The lowest BCUT2D eigenvalue weighted by atomic mass is 9.88. The molecule has 0 aromatic heterocycles. The summed E-state index contributed by atoms with van der Waals surface area (Å²) >= 11 is 0.0666. The Labute approximate surface area is 303 Å². The molecular formula is C30H23F17N2O4S2. The van der Waals surface area contributed by atoms with Gasteiger partial charge in [0, 0.05) is 47.6 Å². The van der Waals surface area contributed by atoms with Gasteiger partial charge in [-0.1, -0.05) is 24.3 Å². The number of rotatable bonds is 16. The molecule has 0 unspecified atom stereocenters. The van der Waals surface area contributed by atoms with Gasteiger partial charge in [0.25, 0.3) is 0 Å². The molecule has 0 amide bonds. The summed E-state index contributed by atoms with van der Waals surface area (Å²) in [7, 11) is -0.862. The maximum atomic E-state index is 14.2. The first kappa shape index (κ1) is 45.6. The van der Waals surface area contributed by atoms with Gasteiger partial charge in [0.05, 0.1) is 4.90 Å². The van der Waals surface area contributed by atoms with Crippen molar-refractivity contribution in [1.82, 2.24) is 4.72 Å². The summed E-state index contributed by atoms with van der Waals surface area (Å²) < 4.78 is 262. The summed E-state index contributed by atoms with van der Waals surface area (Å²) in [6, 6.07) is 12.9.